The third-order valence-electron chi connectivity index (χ3n) is 18.5. The van der Waals surface area contributed by atoms with E-state index in [1.54, 1.807) is 0 Å². The fourth-order valence-corrected chi connectivity index (χ4v) is 15.3. The highest BCUT2D eigenvalue weighted by molar-refractivity contribution is 6.22. The Labute approximate surface area is 437 Å². The Morgan fingerprint density at radius 1 is 0.320 bits per heavy atom. The monoisotopic (exact) mass is 965 g/mol. The molecule has 0 unspecified atom stereocenters. The number of anilines is 3. The predicted molar refractivity (Wildman–Crippen MR) is 311 cm³/mol. The van der Waals surface area contributed by atoms with Crippen LogP contribution in [0, 0.1) is 0 Å². The molecular weight excluding hydrogens is 911 g/mol. The van der Waals surface area contributed by atoms with Crippen molar-refractivity contribution in [3.63, 3.8) is 0 Å². The second-order valence-corrected chi connectivity index (χ2v) is 23.9. The maximum Gasteiger partial charge on any atom is 0.144 e. The van der Waals surface area contributed by atoms with E-state index < -0.39 is 0 Å². The molecule has 0 fully saturated rings. The third kappa shape index (κ3) is 5.26. The van der Waals surface area contributed by atoms with Crippen molar-refractivity contribution in [3.05, 3.63) is 233 Å². The van der Waals surface area contributed by atoms with Gasteiger partial charge in [-0.25, -0.2) is 0 Å². The highest BCUT2D eigenvalue weighted by Gasteiger charge is 2.51. The van der Waals surface area contributed by atoms with Crippen LogP contribution in [0.4, 0.5) is 17.1 Å². The second kappa shape index (κ2) is 14.3. The number of fused-ring (bicyclic) bond motifs is 24. The van der Waals surface area contributed by atoms with E-state index >= 15 is 0 Å². The molecule has 3 heteroatoms. The Morgan fingerprint density at radius 3 is 1.19 bits per heavy atom. The van der Waals surface area contributed by atoms with Crippen LogP contribution in [0.2, 0.25) is 0 Å². The van der Waals surface area contributed by atoms with Gasteiger partial charge in [0.25, 0.3) is 0 Å². The predicted octanol–water partition coefficient (Wildman–Crippen LogP) is 19.8. The third-order valence-corrected chi connectivity index (χ3v) is 18.5. The lowest BCUT2D eigenvalue weighted by molar-refractivity contribution is 0.600. The lowest BCUT2D eigenvalue weighted by Crippen LogP contribution is -2.24. The number of para-hydroxylation sites is 3. The molecule has 0 spiro atoms. The summed E-state index contributed by atoms with van der Waals surface area (Å²) >= 11 is 0. The van der Waals surface area contributed by atoms with Crippen molar-refractivity contribution in [2.75, 3.05) is 4.90 Å². The molecule has 0 saturated heterocycles. The Hall–Kier alpha value is -8.40. The molecule has 0 radical (unpaired) electrons. The summed E-state index contributed by atoms with van der Waals surface area (Å²) in [6.07, 6.45) is 0. The van der Waals surface area contributed by atoms with Crippen molar-refractivity contribution in [2.45, 2.75) is 77.0 Å². The average molecular weight is 966 g/mol. The SMILES string of the molecule is CC1(C)c2ccccc2-c2c1c1c(c3c2oc2ccccc23)-c2ccc(N(c3ccc4c(c3)C(C)(C)c3c5c(c6oc7ccccc7c6c3-4)-c3ccccc3C5(C)C)c3ccccc3-c3ccccc3)cc2C1(C)C. The first kappa shape index (κ1) is 43.0. The molecular formula is C72H55NO2. The van der Waals surface area contributed by atoms with Gasteiger partial charge in [0.15, 0.2) is 0 Å². The van der Waals surface area contributed by atoms with Crippen LogP contribution in [0.25, 0.3) is 99.5 Å². The van der Waals surface area contributed by atoms with Gasteiger partial charge in [-0.05, 0) is 126 Å². The van der Waals surface area contributed by atoms with Crippen LogP contribution in [-0.4, -0.2) is 0 Å². The zero-order chi connectivity index (χ0) is 50.7. The van der Waals surface area contributed by atoms with Crippen molar-refractivity contribution in [1.29, 1.82) is 0 Å². The van der Waals surface area contributed by atoms with Gasteiger partial charge in [-0.2, -0.15) is 0 Å². The molecule has 360 valence electrons. The highest BCUT2D eigenvalue weighted by atomic mass is 16.3. The van der Waals surface area contributed by atoms with E-state index in [1.165, 1.54) is 122 Å². The van der Waals surface area contributed by atoms with E-state index in [4.69, 9.17) is 8.83 Å². The summed E-state index contributed by atoms with van der Waals surface area (Å²) in [5.74, 6) is 0. The fraction of sp³-hybridized carbons (Fsp3) is 0.167. The molecule has 16 rings (SSSR count). The van der Waals surface area contributed by atoms with Gasteiger partial charge in [0, 0.05) is 71.3 Å². The van der Waals surface area contributed by atoms with Crippen LogP contribution in [0.1, 0.15) is 99.9 Å². The van der Waals surface area contributed by atoms with Crippen LogP contribution in [0.3, 0.4) is 0 Å². The summed E-state index contributed by atoms with van der Waals surface area (Å²) < 4.78 is 14.1. The lowest BCUT2D eigenvalue weighted by atomic mass is 9.72. The molecule has 10 aromatic carbocycles. The van der Waals surface area contributed by atoms with E-state index in [0.29, 0.717) is 0 Å². The first-order valence-corrected chi connectivity index (χ1v) is 26.8. The van der Waals surface area contributed by atoms with Crippen LogP contribution >= 0.6 is 0 Å². The summed E-state index contributed by atoms with van der Waals surface area (Å²) in [5, 5.41) is 4.77. The fourth-order valence-electron chi connectivity index (χ4n) is 15.3. The summed E-state index contributed by atoms with van der Waals surface area (Å²) in [7, 11) is 0. The van der Waals surface area contributed by atoms with Gasteiger partial charge in [0.1, 0.15) is 22.3 Å². The molecule has 2 aromatic heterocycles. The van der Waals surface area contributed by atoms with Crippen LogP contribution < -0.4 is 4.90 Å². The summed E-state index contributed by atoms with van der Waals surface area (Å²) in [5.41, 5.74) is 29.6. The quantitative estimate of drug-likeness (QED) is 0.176. The first-order valence-electron chi connectivity index (χ1n) is 26.8. The molecule has 3 nitrogen and oxygen atoms in total. The van der Waals surface area contributed by atoms with Crippen LogP contribution in [0.15, 0.2) is 197 Å². The van der Waals surface area contributed by atoms with Crippen molar-refractivity contribution >= 4 is 60.9 Å². The molecule has 0 saturated carbocycles. The Bertz CT molecular complexity index is 4280. The molecule has 12 aromatic rings. The topological polar surface area (TPSA) is 29.5 Å². The molecule has 75 heavy (non-hydrogen) atoms. The van der Waals surface area contributed by atoms with Gasteiger partial charge in [-0.3, -0.25) is 0 Å². The number of rotatable bonds is 4. The maximum atomic E-state index is 7.04. The second-order valence-electron chi connectivity index (χ2n) is 23.9. The zero-order valence-corrected chi connectivity index (χ0v) is 43.7. The highest BCUT2D eigenvalue weighted by Crippen LogP contribution is 2.66. The zero-order valence-electron chi connectivity index (χ0n) is 43.7. The van der Waals surface area contributed by atoms with Gasteiger partial charge in [-0.1, -0.05) is 201 Å². The minimum Gasteiger partial charge on any atom is -0.455 e. The number of benzene rings is 10. The summed E-state index contributed by atoms with van der Waals surface area (Å²) in [6, 6.07) is 69.8. The summed E-state index contributed by atoms with van der Waals surface area (Å²) in [6.45, 7) is 19.5. The normalized spacial score (nSPS) is 16.2. The number of hydrogen-bond acceptors (Lipinski definition) is 3. The number of furan rings is 2. The molecule has 4 aliphatic carbocycles. The Balaban J connectivity index is 0.954. The average Bonchev–Trinajstić information content (AvgIpc) is 4.40. The molecule has 2 heterocycles. The maximum absolute atomic E-state index is 7.04. The van der Waals surface area contributed by atoms with Crippen molar-refractivity contribution in [3.8, 4) is 55.6 Å². The standard InChI is InChI=1S/C72H55NO2/c1-69(2)50-29-17-12-25-44(50)61-65(69)63-57(59-48-27-15-20-32-55(48)74-67(59)61)46-36-34-41(38-52(46)71(63,5)6)73(54-31-19-14-24-43(54)40-22-10-9-11-23-40)42-35-37-47-53(39-42)72(7,8)64-58(47)60-49-28-16-21-33-56(49)75-68(60)62-45-26-13-18-30-51(45)70(3,4)66(62)64/h9-39H,1-8H3. The number of hydrogen-bond donors (Lipinski definition) is 0. The van der Waals surface area contributed by atoms with E-state index in [9.17, 15) is 0 Å². The Morgan fingerprint density at radius 2 is 0.693 bits per heavy atom. The van der Waals surface area contributed by atoms with Gasteiger partial charge in [-0.15, -0.1) is 0 Å². The molecule has 0 amide bonds. The lowest BCUT2D eigenvalue weighted by Gasteiger charge is -2.33. The van der Waals surface area contributed by atoms with E-state index in [0.717, 1.165) is 39.4 Å². The van der Waals surface area contributed by atoms with E-state index in [2.05, 4.69) is 248 Å². The first-order chi connectivity index (χ1) is 36.3. The van der Waals surface area contributed by atoms with Gasteiger partial charge in [0.05, 0.1) is 5.69 Å². The van der Waals surface area contributed by atoms with Crippen molar-refractivity contribution in [2.24, 2.45) is 0 Å². The van der Waals surface area contributed by atoms with Gasteiger partial charge < -0.3 is 13.7 Å². The summed E-state index contributed by atoms with van der Waals surface area (Å²) in [4.78, 5) is 2.54. The van der Waals surface area contributed by atoms with Crippen LogP contribution in [0.5, 0.6) is 0 Å². The minimum atomic E-state index is -0.355. The smallest absolute Gasteiger partial charge is 0.144 e. The molecule has 0 atom stereocenters. The van der Waals surface area contributed by atoms with E-state index in [1.807, 2.05) is 0 Å². The van der Waals surface area contributed by atoms with Crippen molar-refractivity contribution < 1.29 is 8.83 Å². The minimum absolute atomic E-state index is 0.243. The molecule has 4 aliphatic rings. The van der Waals surface area contributed by atoms with E-state index in [-0.39, 0.29) is 21.7 Å². The number of nitrogens with zero attached hydrogens (tertiary/aromatic N) is 1. The molecule has 0 aliphatic heterocycles. The van der Waals surface area contributed by atoms with Crippen LogP contribution in [-0.2, 0) is 21.7 Å². The largest absolute Gasteiger partial charge is 0.455 e. The van der Waals surface area contributed by atoms with Gasteiger partial charge >= 0.3 is 0 Å². The molecule has 0 bridgehead atoms. The molecule has 0 N–H and O–H groups in total. The Kier molecular flexibility index (Phi) is 8.18. The van der Waals surface area contributed by atoms with Crippen molar-refractivity contribution in [1.82, 2.24) is 0 Å². The van der Waals surface area contributed by atoms with Gasteiger partial charge in [0.2, 0.25) is 0 Å².